The first-order valence-electron chi connectivity index (χ1n) is 13.1. The molecule has 0 bridgehead atoms. The summed E-state index contributed by atoms with van der Waals surface area (Å²) in [6.07, 6.45) is 4.77. The maximum Gasteiger partial charge on any atom is 0.243 e. The molecule has 192 valence electrons. The summed E-state index contributed by atoms with van der Waals surface area (Å²) in [7, 11) is -3.77. The van der Waals surface area contributed by atoms with Gasteiger partial charge < -0.3 is 9.80 Å². The van der Waals surface area contributed by atoms with Gasteiger partial charge in [-0.2, -0.15) is 4.31 Å². The SMILES string of the molecule is O=C(C1CCN(C(=O)C2CCC(c3ccccc3)N(S(=O)(=O)c3ccccc3)C2)CC1)N1CCCC1. The number of amides is 2. The molecule has 5 rings (SSSR count). The van der Waals surface area contributed by atoms with Gasteiger partial charge in [-0.25, -0.2) is 8.42 Å². The van der Waals surface area contributed by atoms with Gasteiger partial charge >= 0.3 is 0 Å². The minimum absolute atomic E-state index is 0.00377. The molecule has 36 heavy (non-hydrogen) atoms. The molecule has 8 heteroatoms. The number of carbonyl (C=O) groups is 2. The van der Waals surface area contributed by atoms with E-state index in [9.17, 15) is 18.0 Å². The van der Waals surface area contributed by atoms with Gasteiger partial charge in [-0.05, 0) is 56.2 Å². The van der Waals surface area contributed by atoms with Gasteiger partial charge in [-0.3, -0.25) is 9.59 Å². The molecule has 3 saturated heterocycles. The van der Waals surface area contributed by atoms with Crippen molar-refractivity contribution >= 4 is 21.8 Å². The first-order chi connectivity index (χ1) is 17.4. The summed E-state index contributed by atoms with van der Waals surface area (Å²) in [5.41, 5.74) is 0.948. The third-order valence-electron chi connectivity index (χ3n) is 7.99. The predicted octanol–water partition coefficient (Wildman–Crippen LogP) is 3.69. The first-order valence-corrected chi connectivity index (χ1v) is 14.6. The van der Waals surface area contributed by atoms with E-state index in [-0.39, 0.29) is 41.1 Å². The molecule has 3 fully saturated rings. The molecule has 0 N–H and O–H groups in total. The largest absolute Gasteiger partial charge is 0.342 e. The second kappa shape index (κ2) is 10.7. The van der Waals surface area contributed by atoms with Crippen LogP contribution in [0.5, 0.6) is 0 Å². The lowest BCUT2D eigenvalue weighted by Crippen LogP contribution is -2.50. The van der Waals surface area contributed by atoms with Gasteiger partial charge in [-0.15, -0.1) is 0 Å². The molecule has 0 saturated carbocycles. The van der Waals surface area contributed by atoms with Crippen molar-refractivity contribution in [3.63, 3.8) is 0 Å². The quantitative estimate of drug-likeness (QED) is 0.616. The van der Waals surface area contributed by atoms with E-state index in [4.69, 9.17) is 0 Å². The maximum absolute atomic E-state index is 13.7. The zero-order valence-corrected chi connectivity index (χ0v) is 21.5. The van der Waals surface area contributed by atoms with E-state index in [2.05, 4.69) is 0 Å². The highest BCUT2D eigenvalue weighted by molar-refractivity contribution is 7.89. The highest BCUT2D eigenvalue weighted by atomic mass is 32.2. The Balaban J connectivity index is 1.30. The van der Waals surface area contributed by atoms with Crippen LogP contribution in [0, 0.1) is 11.8 Å². The number of hydrogen-bond acceptors (Lipinski definition) is 4. The summed E-state index contributed by atoms with van der Waals surface area (Å²) in [6.45, 7) is 3.01. The Morgan fingerprint density at radius 1 is 0.667 bits per heavy atom. The molecule has 2 atom stereocenters. The Kier molecular flexibility index (Phi) is 7.44. The lowest BCUT2D eigenvalue weighted by molar-refractivity contribution is -0.143. The van der Waals surface area contributed by atoms with Crippen molar-refractivity contribution in [2.24, 2.45) is 11.8 Å². The smallest absolute Gasteiger partial charge is 0.243 e. The highest BCUT2D eigenvalue weighted by Gasteiger charge is 2.42. The number of sulfonamides is 1. The van der Waals surface area contributed by atoms with Gasteiger partial charge in [0.1, 0.15) is 0 Å². The van der Waals surface area contributed by atoms with E-state index in [1.807, 2.05) is 40.1 Å². The van der Waals surface area contributed by atoms with Crippen molar-refractivity contribution in [3.05, 3.63) is 66.2 Å². The van der Waals surface area contributed by atoms with Crippen LogP contribution in [0.15, 0.2) is 65.6 Å². The molecule has 2 aromatic rings. The van der Waals surface area contributed by atoms with Crippen molar-refractivity contribution in [2.75, 3.05) is 32.7 Å². The van der Waals surface area contributed by atoms with Crippen molar-refractivity contribution in [3.8, 4) is 0 Å². The molecule has 3 aliphatic rings. The fraction of sp³-hybridized carbons (Fsp3) is 0.500. The van der Waals surface area contributed by atoms with Gasteiger partial charge in [0.25, 0.3) is 0 Å². The Morgan fingerprint density at radius 3 is 1.86 bits per heavy atom. The highest BCUT2D eigenvalue weighted by Crippen LogP contribution is 2.38. The summed E-state index contributed by atoms with van der Waals surface area (Å²) in [6, 6.07) is 17.9. The molecular formula is C28H35N3O4S. The van der Waals surface area contributed by atoms with Crippen molar-refractivity contribution in [2.45, 2.75) is 49.5 Å². The molecule has 2 amide bonds. The van der Waals surface area contributed by atoms with Gasteiger partial charge in [0.05, 0.1) is 16.9 Å². The summed E-state index contributed by atoms with van der Waals surface area (Å²) >= 11 is 0. The fourth-order valence-corrected chi connectivity index (χ4v) is 7.65. The van der Waals surface area contributed by atoms with Crippen molar-refractivity contribution in [1.29, 1.82) is 0 Å². The van der Waals surface area contributed by atoms with Crippen LogP contribution in [0.2, 0.25) is 0 Å². The number of hydrogen-bond donors (Lipinski definition) is 0. The lowest BCUT2D eigenvalue weighted by Gasteiger charge is -2.41. The van der Waals surface area contributed by atoms with E-state index in [0.29, 0.717) is 38.8 Å². The monoisotopic (exact) mass is 509 g/mol. The molecule has 3 heterocycles. The molecule has 2 aromatic carbocycles. The number of nitrogens with zero attached hydrogens (tertiary/aromatic N) is 3. The third-order valence-corrected chi connectivity index (χ3v) is 9.88. The van der Waals surface area contributed by atoms with Crippen LogP contribution in [-0.4, -0.2) is 67.1 Å². The van der Waals surface area contributed by atoms with Crippen molar-refractivity contribution < 1.29 is 18.0 Å². The molecule has 0 aliphatic carbocycles. The minimum Gasteiger partial charge on any atom is -0.342 e. The molecule has 3 aliphatic heterocycles. The van der Waals surface area contributed by atoms with E-state index in [0.717, 1.165) is 31.5 Å². The van der Waals surface area contributed by atoms with E-state index in [1.165, 1.54) is 4.31 Å². The van der Waals surface area contributed by atoms with Crippen LogP contribution in [-0.2, 0) is 19.6 Å². The third kappa shape index (κ3) is 5.06. The molecule has 7 nitrogen and oxygen atoms in total. The summed E-state index contributed by atoms with van der Waals surface area (Å²) in [5, 5.41) is 0. The lowest BCUT2D eigenvalue weighted by atomic mass is 9.88. The number of piperidine rings is 2. The van der Waals surface area contributed by atoms with Gasteiger partial charge in [-0.1, -0.05) is 48.5 Å². The second-order valence-electron chi connectivity index (χ2n) is 10.2. The molecule has 2 unspecified atom stereocenters. The average molecular weight is 510 g/mol. The van der Waals surface area contributed by atoms with Crippen LogP contribution in [0.3, 0.4) is 0 Å². The average Bonchev–Trinajstić information content (AvgIpc) is 3.48. The maximum atomic E-state index is 13.7. The zero-order valence-electron chi connectivity index (χ0n) is 20.7. The zero-order chi connectivity index (χ0) is 25.1. The second-order valence-corrected chi connectivity index (χ2v) is 12.1. The fourth-order valence-electron chi connectivity index (χ4n) is 5.94. The summed E-state index contributed by atoms with van der Waals surface area (Å²) < 4.78 is 29.0. The Labute approximate surface area is 214 Å². The predicted molar refractivity (Wildman–Crippen MR) is 137 cm³/mol. The number of benzene rings is 2. The molecular weight excluding hydrogens is 474 g/mol. The number of rotatable bonds is 5. The Morgan fingerprint density at radius 2 is 1.22 bits per heavy atom. The van der Waals surface area contributed by atoms with E-state index in [1.54, 1.807) is 30.3 Å². The van der Waals surface area contributed by atoms with E-state index < -0.39 is 10.0 Å². The van der Waals surface area contributed by atoms with Gasteiger partial charge in [0, 0.05) is 38.6 Å². The van der Waals surface area contributed by atoms with Crippen LogP contribution >= 0.6 is 0 Å². The number of carbonyl (C=O) groups excluding carboxylic acids is 2. The summed E-state index contributed by atoms with van der Waals surface area (Å²) in [5.74, 6) is -0.129. The molecule has 0 aromatic heterocycles. The van der Waals surface area contributed by atoms with Crippen LogP contribution in [0.4, 0.5) is 0 Å². The topological polar surface area (TPSA) is 78.0 Å². The standard InChI is InChI=1S/C28H35N3O4S/c32-27(29-17-7-8-18-29)23-15-19-30(20-16-23)28(33)24-13-14-26(22-9-3-1-4-10-22)31(21-24)36(34,35)25-11-5-2-6-12-25/h1-6,9-12,23-24,26H,7-8,13-21H2. The van der Waals surface area contributed by atoms with Crippen molar-refractivity contribution in [1.82, 2.24) is 14.1 Å². The summed E-state index contributed by atoms with van der Waals surface area (Å²) in [4.78, 5) is 30.4. The first kappa shape index (κ1) is 25.0. The Bertz CT molecular complexity index is 1160. The molecule has 0 spiro atoms. The van der Waals surface area contributed by atoms with Crippen LogP contribution in [0.1, 0.15) is 50.1 Å². The number of likely N-dealkylation sites (tertiary alicyclic amines) is 2. The van der Waals surface area contributed by atoms with Crippen LogP contribution < -0.4 is 0 Å². The Hall–Kier alpha value is -2.71. The van der Waals surface area contributed by atoms with Crippen LogP contribution in [0.25, 0.3) is 0 Å². The normalized spacial score (nSPS) is 24.1. The van der Waals surface area contributed by atoms with E-state index >= 15 is 0 Å². The van der Waals surface area contributed by atoms with Gasteiger partial charge in [0.2, 0.25) is 21.8 Å². The molecule has 0 radical (unpaired) electrons. The van der Waals surface area contributed by atoms with Gasteiger partial charge in [0.15, 0.2) is 0 Å². The minimum atomic E-state index is -3.77.